The Morgan fingerprint density at radius 3 is 2.06 bits per heavy atom. The van der Waals surface area contributed by atoms with Crippen molar-refractivity contribution in [1.29, 1.82) is 0 Å². The van der Waals surface area contributed by atoms with Crippen LogP contribution < -0.4 is 4.72 Å². The zero-order valence-electron chi connectivity index (χ0n) is 18.8. The Morgan fingerprint density at radius 2 is 1.55 bits per heavy atom. The van der Waals surface area contributed by atoms with Crippen LogP contribution in [0.25, 0.3) is 16.5 Å². The molecule has 1 heterocycles. The first kappa shape index (κ1) is 22.8. The van der Waals surface area contributed by atoms with E-state index >= 15 is 0 Å². The number of sulfonamides is 1. The third-order valence-corrected chi connectivity index (χ3v) is 8.09. The fourth-order valence-corrected chi connectivity index (χ4v) is 5.64. The lowest BCUT2D eigenvalue weighted by molar-refractivity contribution is 0.414. The Kier molecular flexibility index (Phi) is 6.41. The van der Waals surface area contributed by atoms with E-state index in [1.165, 1.54) is 0 Å². The summed E-state index contributed by atoms with van der Waals surface area (Å²) < 4.78 is 35.0. The summed E-state index contributed by atoms with van der Waals surface area (Å²) in [4.78, 5) is 0.185. The van der Waals surface area contributed by atoms with Crippen molar-refractivity contribution >= 4 is 29.0 Å². The first-order valence-electron chi connectivity index (χ1n) is 10.1. The van der Waals surface area contributed by atoms with Gasteiger partial charge in [0.15, 0.2) is 5.76 Å². The number of hydrogen-bond acceptors (Lipinski definition) is 4. The van der Waals surface area contributed by atoms with E-state index in [0.29, 0.717) is 17.1 Å². The van der Waals surface area contributed by atoms with Crippen molar-refractivity contribution in [2.75, 3.05) is 4.72 Å². The monoisotopic (exact) mass is 452 g/mol. The molecule has 0 saturated carbocycles. The summed E-state index contributed by atoms with van der Waals surface area (Å²) in [6.45, 7) is 12.3. The first-order valence-corrected chi connectivity index (χ1v) is 15.1. The summed E-state index contributed by atoms with van der Waals surface area (Å²) in [5, 5.41) is 5.13. The van der Waals surface area contributed by atoms with Crippen LogP contribution in [-0.2, 0) is 10.0 Å². The third-order valence-electron chi connectivity index (χ3n) is 4.85. The molecule has 0 radical (unpaired) electrons. The molecule has 0 fully saturated rings. The molecular formula is C24H28N2O3SSi. The minimum atomic E-state index is -3.84. The second kappa shape index (κ2) is 8.71. The van der Waals surface area contributed by atoms with E-state index in [1.54, 1.807) is 24.3 Å². The predicted molar refractivity (Wildman–Crippen MR) is 129 cm³/mol. The van der Waals surface area contributed by atoms with E-state index in [4.69, 9.17) is 4.52 Å². The van der Waals surface area contributed by atoms with Gasteiger partial charge in [-0.25, -0.2) is 8.42 Å². The minimum absolute atomic E-state index is 0.185. The van der Waals surface area contributed by atoms with Gasteiger partial charge in [-0.3, -0.25) is 4.72 Å². The molecule has 2 aromatic carbocycles. The van der Waals surface area contributed by atoms with Gasteiger partial charge in [0.05, 0.1) is 13.0 Å². The zero-order chi connectivity index (χ0) is 22.8. The summed E-state index contributed by atoms with van der Waals surface area (Å²) >= 11 is 0. The Morgan fingerprint density at radius 1 is 1.00 bits per heavy atom. The van der Waals surface area contributed by atoms with Crippen LogP contribution in [0, 0.1) is 13.8 Å². The fraction of sp³-hybridized carbons (Fsp3) is 0.250. The number of aryl methyl sites for hydroxylation is 2. The largest absolute Gasteiger partial charge is 0.353 e. The molecule has 1 aromatic heterocycles. The Hall–Kier alpha value is -2.86. The third kappa shape index (κ3) is 5.07. The molecule has 162 valence electrons. The highest BCUT2D eigenvalue weighted by Gasteiger charge is 2.31. The van der Waals surface area contributed by atoms with Gasteiger partial charge in [-0.05, 0) is 39.0 Å². The molecule has 0 aliphatic carbocycles. The van der Waals surface area contributed by atoms with Gasteiger partial charge in [-0.2, -0.15) is 0 Å². The van der Waals surface area contributed by atoms with Gasteiger partial charge in [0, 0.05) is 10.8 Å². The number of hydrogen-bond donors (Lipinski definition) is 1. The summed E-state index contributed by atoms with van der Waals surface area (Å²) in [5.41, 5.74) is 6.94. The number of benzene rings is 2. The maximum atomic E-state index is 13.2. The topological polar surface area (TPSA) is 72.2 Å². The maximum Gasteiger partial charge on any atom is 0.262 e. The van der Waals surface area contributed by atoms with Crippen LogP contribution in [0.2, 0.25) is 19.6 Å². The number of anilines is 1. The number of rotatable bonds is 6. The molecule has 5 nitrogen and oxygen atoms in total. The van der Waals surface area contributed by atoms with Crippen LogP contribution in [0.5, 0.6) is 0 Å². The number of aromatic nitrogens is 1. The van der Waals surface area contributed by atoms with Crippen molar-refractivity contribution in [3.8, 4) is 11.3 Å². The van der Waals surface area contributed by atoms with E-state index in [1.807, 2.05) is 51.1 Å². The van der Waals surface area contributed by atoms with Gasteiger partial charge in [0.1, 0.15) is 11.4 Å². The van der Waals surface area contributed by atoms with Crippen LogP contribution in [0.15, 0.2) is 69.8 Å². The molecule has 0 saturated heterocycles. The number of nitrogens with one attached hydrogen (secondary N) is 1. The normalized spacial score (nSPS) is 11.7. The lowest BCUT2D eigenvalue weighted by atomic mass is 10.1. The maximum absolute atomic E-state index is 13.2. The fourth-order valence-electron chi connectivity index (χ4n) is 3.14. The van der Waals surface area contributed by atoms with Crippen molar-refractivity contribution < 1.29 is 12.9 Å². The van der Waals surface area contributed by atoms with E-state index in [-0.39, 0.29) is 4.90 Å². The molecule has 3 rings (SSSR count). The molecule has 0 bridgehead atoms. The molecule has 0 aliphatic heterocycles. The molecule has 0 atom stereocenters. The zero-order valence-corrected chi connectivity index (χ0v) is 20.6. The first-order chi connectivity index (χ1) is 14.5. The molecule has 0 amide bonds. The number of allylic oxidation sites excluding steroid dienone is 1. The van der Waals surface area contributed by atoms with Crippen molar-refractivity contribution in [1.82, 2.24) is 5.16 Å². The Balaban J connectivity index is 2.22. The highest BCUT2D eigenvalue weighted by atomic mass is 32.2. The van der Waals surface area contributed by atoms with Crippen LogP contribution in [0.3, 0.4) is 0 Å². The van der Waals surface area contributed by atoms with Gasteiger partial charge < -0.3 is 4.52 Å². The van der Waals surface area contributed by atoms with E-state index in [2.05, 4.69) is 35.3 Å². The highest BCUT2D eigenvalue weighted by molar-refractivity contribution is 7.92. The molecule has 0 unspecified atom stereocenters. The molecule has 7 heteroatoms. The average molecular weight is 453 g/mol. The highest BCUT2D eigenvalue weighted by Crippen LogP contribution is 2.38. The molecule has 0 spiro atoms. The molecular weight excluding hydrogens is 424 g/mol. The lowest BCUT2D eigenvalue weighted by Crippen LogP contribution is -2.23. The number of nitrogens with zero attached hydrogens (tertiary/aromatic N) is 1. The molecule has 31 heavy (non-hydrogen) atoms. The quantitative estimate of drug-likeness (QED) is 0.357. The minimum Gasteiger partial charge on any atom is -0.353 e. The van der Waals surface area contributed by atoms with Crippen LogP contribution in [0.1, 0.15) is 23.8 Å². The van der Waals surface area contributed by atoms with Crippen LogP contribution in [0.4, 0.5) is 5.69 Å². The summed E-state index contributed by atoms with van der Waals surface area (Å²) in [6, 6.07) is 14.5. The standard InChI is InChI=1S/C24H28N2O3SSi/c1-7-8-21(31(4,5)6)24-23(22(25-29-24)19-13-9-17(2)10-14-19)26-30(27,28)20-15-11-18(3)12-16-20/h7,9-16,26H,1-6H3. The predicted octanol–water partition coefficient (Wildman–Crippen LogP) is 6.20. The van der Waals surface area contributed by atoms with E-state index < -0.39 is 18.1 Å². The average Bonchev–Trinajstić information content (AvgIpc) is 3.08. The SMILES string of the molecule is CC=C=C(c1onc(-c2ccc(C)cc2)c1NS(=O)(=O)c1ccc(C)cc1)[Si](C)(C)C. The smallest absolute Gasteiger partial charge is 0.262 e. The van der Waals surface area contributed by atoms with Gasteiger partial charge in [-0.1, -0.05) is 72.3 Å². The van der Waals surface area contributed by atoms with Gasteiger partial charge >= 0.3 is 0 Å². The van der Waals surface area contributed by atoms with Gasteiger partial charge in [-0.15, -0.1) is 5.73 Å². The van der Waals surface area contributed by atoms with Crippen molar-refractivity contribution in [2.24, 2.45) is 0 Å². The molecule has 3 aromatic rings. The van der Waals surface area contributed by atoms with Crippen LogP contribution in [-0.4, -0.2) is 21.6 Å². The van der Waals surface area contributed by atoms with Gasteiger partial charge in [0.25, 0.3) is 10.0 Å². The van der Waals surface area contributed by atoms with Crippen LogP contribution >= 0.6 is 0 Å². The second-order valence-corrected chi connectivity index (χ2v) is 15.3. The summed E-state index contributed by atoms with van der Waals surface area (Å²) in [5.74, 6) is 0.420. The molecule has 1 N–H and O–H groups in total. The Bertz CT molecular complexity index is 1240. The summed E-state index contributed by atoms with van der Waals surface area (Å²) in [6.07, 6.45) is 1.82. The van der Waals surface area contributed by atoms with Crippen molar-refractivity contribution in [3.05, 3.63) is 77.2 Å². The van der Waals surface area contributed by atoms with E-state index in [9.17, 15) is 8.42 Å². The Labute approximate surface area is 185 Å². The second-order valence-electron chi connectivity index (χ2n) is 8.58. The summed E-state index contributed by atoms with van der Waals surface area (Å²) in [7, 11) is -5.77. The van der Waals surface area contributed by atoms with E-state index in [0.717, 1.165) is 21.9 Å². The van der Waals surface area contributed by atoms with Crippen molar-refractivity contribution in [2.45, 2.75) is 45.3 Å². The molecule has 0 aliphatic rings. The lowest BCUT2D eigenvalue weighted by Gasteiger charge is -2.18. The van der Waals surface area contributed by atoms with Crippen molar-refractivity contribution in [3.63, 3.8) is 0 Å². The van der Waals surface area contributed by atoms with Gasteiger partial charge in [0.2, 0.25) is 0 Å².